The third-order valence-corrected chi connectivity index (χ3v) is 3.43. The molecule has 2 aromatic rings. The number of carboxylic acid groups (broad SMARTS) is 1. The van der Waals surface area contributed by atoms with Gasteiger partial charge in [0.15, 0.2) is 5.65 Å². The molecule has 0 amide bonds. The summed E-state index contributed by atoms with van der Waals surface area (Å²) in [5.74, 6) is -0.932. The molecule has 0 bridgehead atoms. The van der Waals surface area contributed by atoms with Crippen LogP contribution in [0.5, 0.6) is 0 Å². The molecule has 1 aliphatic heterocycles. The van der Waals surface area contributed by atoms with Crippen LogP contribution in [0, 0.1) is 0 Å². The van der Waals surface area contributed by atoms with E-state index in [1.54, 1.807) is 18.3 Å². The van der Waals surface area contributed by atoms with Crippen LogP contribution in [0.25, 0.3) is 5.65 Å². The van der Waals surface area contributed by atoms with Crippen LogP contribution in [0.4, 0.5) is 0 Å². The Kier molecular flexibility index (Phi) is 2.76. The second-order valence-electron chi connectivity index (χ2n) is 4.65. The molecular formula is C13H15N3O2. The second kappa shape index (κ2) is 4.42. The largest absolute Gasteiger partial charge is 0.478 e. The van der Waals surface area contributed by atoms with Gasteiger partial charge in [0.25, 0.3) is 0 Å². The molecule has 1 saturated heterocycles. The highest BCUT2D eigenvalue weighted by molar-refractivity contribution is 5.94. The van der Waals surface area contributed by atoms with Crippen molar-refractivity contribution < 1.29 is 9.90 Å². The van der Waals surface area contributed by atoms with Crippen molar-refractivity contribution in [2.24, 2.45) is 0 Å². The first kappa shape index (κ1) is 11.2. The van der Waals surface area contributed by atoms with Crippen molar-refractivity contribution in [3.8, 4) is 0 Å². The van der Waals surface area contributed by atoms with Gasteiger partial charge in [-0.05, 0) is 38.1 Å². The van der Waals surface area contributed by atoms with Crippen LogP contribution in [0.1, 0.15) is 28.9 Å². The minimum atomic E-state index is -0.932. The Morgan fingerprint density at radius 3 is 2.89 bits per heavy atom. The van der Waals surface area contributed by atoms with Gasteiger partial charge in [-0.25, -0.2) is 9.78 Å². The second-order valence-corrected chi connectivity index (χ2v) is 4.65. The van der Waals surface area contributed by atoms with Crippen LogP contribution in [0.2, 0.25) is 0 Å². The van der Waals surface area contributed by atoms with E-state index in [1.807, 2.05) is 10.6 Å². The van der Waals surface area contributed by atoms with Crippen molar-refractivity contribution in [2.45, 2.75) is 19.4 Å². The van der Waals surface area contributed by atoms with Crippen LogP contribution in [0.3, 0.4) is 0 Å². The van der Waals surface area contributed by atoms with Crippen molar-refractivity contribution in [1.82, 2.24) is 14.3 Å². The van der Waals surface area contributed by atoms with E-state index in [-0.39, 0.29) is 5.56 Å². The van der Waals surface area contributed by atoms with E-state index in [9.17, 15) is 4.79 Å². The number of likely N-dealkylation sites (tertiary alicyclic amines) is 1. The van der Waals surface area contributed by atoms with Crippen LogP contribution < -0.4 is 0 Å². The van der Waals surface area contributed by atoms with Gasteiger partial charge in [0.2, 0.25) is 0 Å². The quantitative estimate of drug-likeness (QED) is 0.893. The third-order valence-electron chi connectivity index (χ3n) is 3.43. The number of carbonyl (C=O) groups is 1. The molecule has 3 heterocycles. The molecule has 94 valence electrons. The minimum absolute atomic E-state index is 0.255. The smallest absolute Gasteiger partial charge is 0.339 e. The van der Waals surface area contributed by atoms with E-state index in [1.165, 1.54) is 12.8 Å². The van der Waals surface area contributed by atoms with Gasteiger partial charge in [-0.3, -0.25) is 4.90 Å². The molecule has 0 saturated carbocycles. The summed E-state index contributed by atoms with van der Waals surface area (Å²) in [6.07, 6.45) is 6.15. The molecule has 1 N–H and O–H groups in total. The summed E-state index contributed by atoms with van der Waals surface area (Å²) in [6, 6.07) is 3.34. The zero-order valence-electron chi connectivity index (χ0n) is 10.0. The van der Waals surface area contributed by atoms with Crippen molar-refractivity contribution in [3.63, 3.8) is 0 Å². The number of pyridine rings is 1. The number of hydrogen-bond donors (Lipinski definition) is 1. The summed E-state index contributed by atoms with van der Waals surface area (Å²) in [7, 11) is 0. The van der Waals surface area contributed by atoms with Gasteiger partial charge in [-0.1, -0.05) is 0 Å². The van der Waals surface area contributed by atoms with Crippen LogP contribution in [0.15, 0.2) is 24.5 Å². The number of hydrogen-bond acceptors (Lipinski definition) is 3. The number of aromatic carboxylic acids is 1. The summed E-state index contributed by atoms with van der Waals surface area (Å²) >= 11 is 0. The van der Waals surface area contributed by atoms with Gasteiger partial charge in [0.05, 0.1) is 11.9 Å². The first-order chi connectivity index (χ1) is 8.75. The number of fused-ring (bicyclic) bond motifs is 1. The molecule has 0 aliphatic carbocycles. The molecule has 18 heavy (non-hydrogen) atoms. The first-order valence-electron chi connectivity index (χ1n) is 6.16. The van der Waals surface area contributed by atoms with E-state index < -0.39 is 5.97 Å². The van der Waals surface area contributed by atoms with Gasteiger partial charge in [0, 0.05) is 12.7 Å². The lowest BCUT2D eigenvalue weighted by molar-refractivity contribution is 0.0698. The SMILES string of the molecule is O=C(O)c1cccn2c(CN3CCCC3)cnc12. The van der Waals surface area contributed by atoms with Gasteiger partial charge >= 0.3 is 5.97 Å². The Morgan fingerprint density at radius 1 is 1.39 bits per heavy atom. The molecule has 1 aliphatic rings. The maximum atomic E-state index is 11.1. The van der Waals surface area contributed by atoms with E-state index in [0.29, 0.717) is 5.65 Å². The van der Waals surface area contributed by atoms with Gasteiger partial charge in [-0.2, -0.15) is 0 Å². The van der Waals surface area contributed by atoms with E-state index in [2.05, 4.69) is 9.88 Å². The molecule has 0 aromatic carbocycles. The lowest BCUT2D eigenvalue weighted by Crippen LogP contribution is -2.19. The van der Waals surface area contributed by atoms with Crippen LogP contribution in [-0.4, -0.2) is 38.4 Å². The molecular weight excluding hydrogens is 230 g/mol. The maximum absolute atomic E-state index is 11.1. The molecule has 1 fully saturated rings. The van der Waals surface area contributed by atoms with Gasteiger partial charge < -0.3 is 9.51 Å². The Hall–Kier alpha value is -1.88. The van der Waals surface area contributed by atoms with Crippen molar-refractivity contribution >= 4 is 11.6 Å². The number of rotatable bonds is 3. The molecule has 0 radical (unpaired) electrons. The molecule has 3 rings (SSSR count). The molecule has 0 atom stereocenters. The van der Waals surface area contributed by atoms with Crippen LogP contribution in [-0.2, 0) is 6.54 Å². The standard InChI is InChI=1S/C13H15N3O2/c17-13(18)11-4-3-7-16-10(8-14-12(11)16)9-15-5-1-2-6-15/h3-4,7-8H,1-2,5-6,9H2,(H,17,18). The summed E-state index contributed by atoms with van der Waals surface area (Å²) in [4.78, 5) is 17.7. The Labute approximate surface area is 105 Å². The Morgan fingerprint density at radius 2 is 2.17 bits per heavy atom. The average molecular weight is 245 g/mol. The van der Waals surface area contributed by atoms with E-state index >= 15 is 0 Å². The molecule has 0 spiro atoms. The van der Waals surface area contributed by atoms with E-state index in [0.717, 1.165) is 25.3 Å². The Balaban J connectivity index is 1.98. The lowest BCUT2D eigenvalue weighted by Gasteiger charge is -2.13. The third kappa shape index (κ3) is 1.86. The summed E-state index contributed by atoms with van der Waals surface area (Å²) in [5, 5.41) is 9.11. The highest BCUT2D eigenvalue weighted by Crippen LogP contribution is 2.16. The summed E-state index contributed by atoms with van der Waals surface area (Å²) in [5.41, 5.74) is 1.83. The molecule has 5 nitrogen and oxygen atoms in total. The fourth-order valence-electron chi connectivity index (χ4n) is 2.52. The van der Waals surface area contributed by atoms with Crippen LogP contribution >= 0.6 is 0 Å². The highest BCUT2D eigenvalue weighted by atomic mass is 16.4. The van der Waals surface area contributed by atoms with E-state index in [4.69, 9.17) is 5.11 Å². The average Bonchev–Trinajstić information content (AvgIpc) is 2.99. The number of nitrogens with zero attached hydrogens (tertiary/aromatic N) is 3. The lowest BCUT2D eigenvalue weighted by atomic mass is 10.3. The number of carboxylic acids is 1. The monoisotopic (exact) mass is 245 g/mol. The summed E-state index contributed by atoms with van der Waals surface area (Å²) < 4.78 is 1.88. The Bertz CT molecular complexity index is 585. The first-order valence-corrected chi connectivity index (χ1v) is 6.16. The predicted octanol–water partition coefficient (Wildman–Crippen LogP) is 1.63. The van der Waals surface area contributed by atoms with Gasteiger partial charge in [-0.15, -0.1) is 0 Å². The normalized spacial score (nSPS) is 16.4. The molecule has 5 heteroatoms. The fraction of sp³-hybridized carbons (Fsp3) is 0.385. The molecule has 0 unspecified atom stereocenters. The number of aromatic nitrogens is 2. The van der Waals surface area contributed by atoms with Crippen molar-refractivity contribution in [3.05, 3.63) is 35.8 Å². The zero-order valence-corrected chi connectivity index (χ0v) is 10.0. The maximum Gasteiger partial charge on any atom is 0.339 e. The highest BCUT2D eigenvalue weighted by Gasteiger charge is 2.16. The van der Waals surface area contributed by atoms with Crippen molar-refractivity contribution in [2.75, 3.05) is 13.1 Å². The zero-order chi connectivity index (χ0) is 12.5. The minimum Gasteiger partial charge on any atom is -0.478 e. The predicted molar refractivity (Wildman–Crippen MR) is 66.7 cm³/mol. The summed E-state index contributed by atoms with van der Waals surface area (Å²) in [6.45, 7) is 3.07. The number of imidazole rings is 1. The molecule has 2 aromatic heterocycles. The fourth-order valence-corrected chi connectivity index (χ4v) is 2.52. The van der Waals surface area contributed by atoms with Crippen molar-refractivity contribution in [1.29, 1.82) is 0 Å². The topological polar surface area (TPSA) is 57.8 Å². The van der Waals surface area contributed by atoms with Gasteiger partial charge in [0.1, 0.15) is 5.56 Å².